The molecule has 0 bridgehead atoms. The molecule has 1 fully saturated rings. The van der Waals surface area contributed by atoms with E-state index in [2.05, 4.69) is 15.3 Å². The minimum absolute atomic E-state index is 0.127. The van der Waals surface area contributed by atoms with E-state index in [0.29, 0.717) is 0 Å². The van der Waals surface area contributed by atoms with E-state index in [1.807, 2.05) is 22.9 Å². The Morgan fingerprint density at radius 3 is 2.75 bits per heavy atom. The van der Waals surface area contributed by atoms with E-state index in [0.717, 1.165) is 37.2 Å². The summed E-state index contributed by atoms with van der Waals surface area (Å²) in [5.41, 5.74) is 0.754. The maximum absolute atomic E-state index is 12.1. The molecule has 0 unspecified atom stereocenters. The van der Waals surface area contributed by atoms with Crippen LogP contribution in [0.25, 0.3) is 5.82 Å². The highest BCUT2D eigenvalue weighted by atomic mass is 16.1. The lowest BCUT2D eigenvalue weighted by molar-refractivity contribution is -0.120. The number of nitrogens with one attached hydrogen (secondary N) is 1. The Morgan fingerprint density at radius 1 is 1.25 bits per heavy atom. The van der Waals surface area contributed by atoms with Gasteiger partial charge in [-0.15, -0.1) is 0 Å². The summed E-state index contributed by atoms with van der Waals surface area (Å²) in [6, 6.07) is 3.75. The predicted octanol–water partition coefficient (Wildman–Crippen LogP) is 2.79. The lowest BCUT2D eigenvalue weighted by Gasteiger charge is -2.20. The fourth-order valence-electron chi connectivity index (χ4n) is 2.62. The minimum atomic E-state index is 0.127. The maximum atomic E-state index is 12.1. The number of carbonyl (C=O) groups is 1. The second kappa shape index (κ2) is 5.86. The Hall–Kier alpha value is -2.17. The zero-order chi connectivity index (χ0) is 13.8. The second-order valence-electron chi connectivity index (χ2n) is 5.20. The van der Waals surface area contributed by atoms with Gasteiger partial charge in [0.1, 0.15) is 12.1 Å². The molecule has 3 rings (SSSR count). The Morgan fingerprint density at radius 2 is 2.10 bits per heavy atom. The highest BCUT2D eigenvalue weighted by Gasteiger charge is 2.20. The van der Waals surface area contributed by atoms with Gasteiger partial charge in [0.15, 0.2) is 0 Å². The van der Waals surface area contributed by atoms with Crippen molar-refractivity contribution in [2.45, 2.75) is 32.1 Å². The smallest absolute Gasteiger partial charge is 0.227 e. The lowest BCUT2D eigenvalue weighted by atomic mass is 9.88. The van der Waals surface area contributed by atoms with Crippen molar-refractivity contribution >= 4 is 11.6 Å². The first-order valence-electron chi connectivity index (χ1n) is 7.08. The number of imidazole rings is 1. The van der Waals surface area contributed by atoms with Gasteiger partial charge in [0.25, 0.3) is 0 Å². The van der Waals surface area contributed by atoms with Crippen LogP contribution in [-0.4, -0.2) is 20.4 Å². The number of anilines is 1. The van der Waals surface area contributed by atoms with E-state index in [1.54, 1.807) is 18.7 Å². The van der Waals surface area contributed by atoms with Crippen LogP contribution in [0.4, 0.5) is 5.69 Å². The van der Waals surface area contributed by atoms with Crippen molar-refractivity contribution in [1.82, 2.24) is 14.5 Å². The molecule has 0 spiro atoms. The van der Waals surface area contributed by atoms with Gasteiger partial charge in [-0.1, -0.05) is 19.3 Å². The van der Waals surface area contributed by atoms with E-state index < -0.39 is 0 Å². The molecule has 0 aromatic carbocycles. The molecule has 104 valence electrons. The molecule has 5 nitrogen and oxygen atoms in total. The van der Waals surface area contributed by atoms with E-state index >= 15 is 0 Å². The summed E-state index contributed by atoms with van der Waals surface area (Å²) in [5.74, 6) is 1.08. The summed E-state index contributed by atoms with van der Waals surface area (Å²) in [6.07, 6.45) is 12.5. The Balaban J connectivity index is 1.64. The van der Waals surface area contributed by atoms with Crippen LogP contribution in [0.1, 0.15) is 32.1 Å². The van der Waals surface area contributed by atoms with E-state index in [1.165, 1.54) is 6.42 Å². The summed E-state index contributed by atoms with van der Waals surface area (Å²) >= 11 is 0. The number of aromatic nitrogens is 3. The Labute approximate surface area is 118 Å². The van der Waals surface area contributed by atoms with Crippen molar-refractivity contribution in [3.05, 3.63) is 37.1 Å². The van der Waals surface area contributed by atoms with Crippen molar-refractivity contribution in [3.8, 4) is 5.82 Å². The van der Waals surface area contributed by atoms with Crippen LogP contribution >= 0.6 is 0 Å². The summed E-state index contributed by atoms with van der Waals surface area (Å²) in [7, 11) is 0. The van der Waals surface area contributed by atoms with Crippen molar-refractivity contribution < 1.29 is 4.79 Å². The van der Waals surface area contributed by atoms with Crippen LogP contribution < -0.4 is 5.32 Å². The van der Waals surface area contributed by atoms with Gasteiger partial charge < -0.3 is 5.32 Å². The fourth-order valence-corrected chi connectivity index (χ4v) is 2.62. The molecule has 0 atom stereocenters. The third-order valence-electron chi connectivity index (χ3n) is 3.76. The van der Waals surface area contributed by atoms with Crippen LogP contribution in [0.3, 0.4) is 0 Å². The van der Waals surface area contributed by atoms with Gasteiger partial charge in [-0.25, -0.2) is 9.97 Å². The van der Waals surface area contributed by atoms with Crippen molar-refractivity contribution in [3.63, 3.8) is 0 Å². The zero-order valence-corrected chi connectivity index (χ0v) is 11.3. The van der Waals surface area contributed by atoms with Crippen LogP contribution in [0, 0.1) is 5.92 Å². The first-order valence-corrected chi connectivity index (χ1v) is 7.08. The van der Waals surface area contributed by atoms with Crippen LogP contribution in [0.2, 0.25) is 0 Å². The Kier molecular flexibility index (Phi) is 3.76. The molecular formula is C15H18N4O. The molecule has 1 saturated carbocycles. The minimum Gasteiger partial charge on any atom is -0.324 e. The average Bonchev–Trinajstić information content (AvgIpc) is 3.03. The quantitative estimate of drug-likeness (QED) is 0.933. The number of rotatable bonds is 3. The highest BCUT2D eigenvalue weighted by Crippen LogP contribution is 2.24. The summed E-state index contributed by atoms with van der Waals surface area (Å²) < 4.78 is 1.83. The molecule has 0 aliphatic heterocycles. The van der Waals surface area contributed by atoms with Crippen molar-refractivity contribution in [2.75, 3.05) is 5.32 Å². The topological polar surface area (TPSA) is 59.8 Å². The van der Waals surface area contributed by atoms with Crippen LogP contribution in [0.15, 0.2) is 37.1 Å². The fraction of sp³-hybridized carbons (Fsp3) is 0.400. The van der Waals surface area contributed by atoms with Gasteiger partial charge in [0, 0.05) is 18.3 Å². The number of hydrogen-bond acceptors (Lipinski definition) is 3. The molecule has 1 N–H and O–H groups in total. The Bertz CT molecular complexity index is 556. The third-order valence-corrected chi connectivity index (χ3v) is 3.76. The number of amides is 1. The van der Waals surface area contributed by atoms with E-state index in [4.69, 9.17) is 0 Å². The third kappa shape index (κ3) is 2.87. The molecule has 20 heavy (non-hydrogen) atoms. The average molecular weight is 270 g/mol. The zero-order valence-electron chi connectivity index (χ0n) is 11.3. The first-order chi connectivity index (χ1) is 9.83. The molecule has 2 heterocycles. The molecular weight excluding hydrogens is 252 g/mol. The largest absolute Gasteiger partial charge is 0.324 e. The number of hydrogen-bond donors (Lipinski definition) is 1. The van der Waals surface area contributed by atoms with Gasteiger partial charge in [-0.2, -0.15) is 0 Å². The van der Waals surface area contributed by atoms with Crippen LogP contribution in [0.5, 0.6) is 0 Å². The van der Waals surface area contributed by atoms with Crippen LogP contribution in [-0.2, 0) is 4.79 Å². The van der Waals surface area contributed by atoms with Gasteiger partial charge in [0.2, 0.25) is 5.91 Å². The molecule has 0 radical (unpaired) electrons. The summed E-state index contributed by atoms with van der Waals surface area (Å²) in [4.78, 5) is 20.4. The van der Waals surface area contributed by atoms with Gasteiger partial charge in [-0.3, -0.25) is 9.36 Å². The lowest BCUT2D eigenvalue weighted by Crippen LogP contribution is -2.24. The monoisotopic (exact) mass is 270 g/mol. The standard InChI is InChI=1S/C15H18N4O/c20-15(12-4-2-1-3-5-12)18-13-6-7-14(17-10-13)19-9-8-16-11-19/h6-12H,1-5H2,(H,18,20). The van der Waals surface area contributed by atoms with E-state index in [9.17, 15) is 4.79 Å². The molecule has 2 aromatic rings. The molecule has 2 aromatic heterocycles. The molecule has 1 aliphatic rings. The number of carbonyl (C=O) groups excluding carboxylic acids is 1. The molecule has 1 amide bonds. The highest BCUT2D eigenvalue weighted by molar-refractivity contribution is 5.92. The predicted molar refractivity (Wildman–Crippen MR) is 76.6 cm³/mol. The molecule has 1 aliphatic carbocycles. The van der Waals surface area contributed by atoms with Gasteiger partial charge >= 0.3 is 0 Å². The molecule has 0 saturated heterocycles. The second-order valence-corrected chi connectivity index (χ2v) is 5.20. The number of nitrogens with zero attached hydrogens (tertiary/aromatic N) is 3. The SMILES string of the molecule is O=C(Nc1ccc(-n2ccnc2)nc1)C1CCCCC1. The molecule has 5 heteroatoms. The normalized spacial score (nSPS) is 16.0. The van der Waals surface area contributed by atoms with E-state index in [-0.39, 0.29) is 11.8 Å². The summed E-state index contributed by atoms with van der Waals surface area (Å²) in [5, 5.41) is 2.96. The van der Waals surface area contributed by atoms with Gasteiger partial charge in [-0.05, 0) is 25.0 Å². The first kappa shape index (κ1) is 12.8. The summed E-state index contributed by atoms with van der Waals surface area (Å²) in [6.45, 7) is 0. The van der Waals surface area contributed by atoms with Crippen molar-refractivity contribution in [2.24, 2.45) is 5.92 Å². The van der Waals surface area contributed by atoms with Gasteiger partial charge in [0.05, 0.1) is 11.9 Å². The number of pyridine rings is 1. The maximum Gasteiger partial charge on any atom is 0.227 e. The van der Waals surface area contributed by atoms with Crippen molar-refractivity contribution in [1.29, 1.82) is 0 Å².